The summed E-state index contributed by atoms with van der Waals surface area (Å²) in [5.41, 5.74) is 0. The molecule has 0 atom stereocenters. The van der Waals surface area contributed by atoms with Crippen LogP contribution < -0.4 is 0 Å². The quantitative estimate of drug-likeness (QED) is 0.733. The first-order valence-corrected chi connectivity index (χ1v) is 5.44. The highest BCUT2D eigenvalue weighted by molar-refractivity contribution is 5.74. The molecule has 1 heterocycles. The summed E-state index contributed by atoms with van der Waals surface area (Å²) in [6.07, 6.45) is 2.93. The maximum Gasteiger partial charge on any atom is 0.319 e. The second kappa shape index (κ2) is 5.86. The minimum atomic E-state index is 0.137. The number of aliphatic hydroxyl groups is 1. The average Bonchev–Trinajstić information content (AvgIpc) is 2.71. The molecule has 1 N–H and O–H groups in total. The molecule has 1 rings (SSSR count). The summed E-state index contributed by atoms with van der Waals surface area (Å²) in [4.78, 5) is 15.6. The van der Waals surface area contributed by atoms with E-state index in [4.69, 9.17) is 5.11 Å². The van der Waals surface area contributed by atoms with Crippen LogP contribution in [0.4, 0.5) is 4.79 Å². The number of likely N-dealkylation sites (tertiary alicyclic amines) is 1. The zero-order valence-corrected chi connectivity index (χ0v) is 8.91. The van der Waals surface area contributed by atoms with Crippen molar-refractivity contribution in [1.82, 2.24) is 9.80 Å². The van der Waals surface area contributed by atoms with Gasteiger partial charge in [0.2, 0.25) is 0 Å². The van der Waals surface area contributed by atoms with Gasteiger partial charge in [-0.15, -0.1) is 0 Å². The Morgan fingerprint density at radius 3 is 2.57 bits per heavy atom. The van der Waals surface area contributed by atoms with Crippen LogP contribution in [0.3, 0.4) is 0 Å². The van der Waals surface area contributed by atoms with Crippen LogP contribution in [0, 0.1) is 0 Å². The van der Waals surface area contributed by atoms with E-state index in [1.165, 1.54) is 0 Å². The normalized spacial score (nSPS) is 16.0. The Balaban J connectivity index is 2.37. The fourth-order valence-electron chi connectivity index (χ4n) is 1.76. The highest BCUT2D eigenvalue weighted by Gasteiger charge is 2.21. The van der Waals surface area contributed by atoms with Crippen molar-refractivity contribution >= 4 is 6.03 Å². The smallest absolute Gasteiger partial charge is 0.319 e. The molecule has 0 aromatic rings. The predicted molar refractivity (Wildman–Crippen MR) is 55.2 cm³/mol. The molecule has 1 saturated heterocycles. The fraction of sp³-hybridized carbons (Fsp3) is 0.900. The molecule has 0 aromatic carbocycles. The van der Waals surface area contributed by atoms with Gasteiger partial charge >= 0.3 is 6.03 Å². The number of carbonyl (C=O) groups is 1. The van der Waals surface area contributed by atoms with Crippen molar-refractivity contribution in [2.75, 3.05) is 32.8 Å². The Labute approximate surface area is 85.5 Å². The number of amides is 2. The average molecular weight is 200 g/mol. The molecule has 14 heavy (non-hydrogen) atoms. The third-order valence-electron chi connectivity index (χ3n) is 2.61. The van der Waals surface area contributed by atoms with Gasteiger partial charge in [-0.1, -0.05) is 0 Å². The minimum Gasteiger partial charge on any atom is -0.396 e. The molecular weight excluding hydrogens is 180 g/mol. The maximum absolute atomic E-state index is 11.9. The molecule has 2 amide bonds. The van der Waals surface area contributed by atoms with Crippen molar-refractivity contribution in [2.24, 2.45) is 0 Å². The number of hydrogen-bond acceptors (Lipinski definition) is 2. The molecule has 0 radical (unpaired) electrons. The van der Waals surface area contributed by atoms with Crippen molar-refractivity contribution in [3.05, 3.63) is 0 Å². The Morgan fingerprint density at radius 2 is 2.07 bits per heavy atom. The summed E-state index contributed by atoms with van der Waals surface area (Å²) in [6, 6.07) is 0.137. The van der Waals surface area contributed by atoms with Crippen LogP contribution in [-0.2, 0) is 0 Å². The van der Waals surface area contributed by atoms with E-state index < -0.39 is 0 Å². The second-order valence-corrected chi connectivity index (χ2v) is 3.63. The lowest BCUT2D eigenvalue weighted by atomic mass is 10.4. The summed E-state index contributed by atoms with van der Waals surface area (Å²) in [5, 5.41) is 8.71. The number of hydrogen-bond donors (Lipinski definition) is 1. The number of nitrogens with zero attached hydrogens (tertiary/aromatic N) is 2. The van der Waals surface area contributed by atoms with E-state index in [1.54, 1.807) is 0 Å². The SMILES string of the molecule is CCN(CCCO)C(=O)N1CCCC1. The largest absolute Gasteiger partial charge is 0.396 e. The van der Waals surface area contributed by atoms with Crippen LogP contribution in [0.25, 0.3) is 0 Å². The van der Waals surface area contributed by atoms with Crippen molar-refractivity contribution in [2.45, 2.75) is 26.2 Å². The molecule has 4 heteroatoms. The summed E-state index contributed by atoms with van der Waals surface area (Å²) >= 11 is 0. The number of carbonyl (C=O) groups excluding carboxylic acids is 1. The lowest BCUT2D eigenvalue weighted by molar-refractivity contribution is 0.159. The Kier molecular flexibility index (Phi) is 4.73. The molecule has 0 aliphatic carbocycles. The Bertz CT molecular complexity index is 179. The van der Waals surface area contributed by atoms with E-state index in [1.807, 2.05) is 16.7 Å². The second-order valence-electron chi connectivity index (χ2n) is 3.63. The zero-order chi connectivity index (χ0) is 10.4. The van der Waals surface area contributed by atoms with Crippen LogP contribution in [0.15, 0.2) is 0 Å². The highest BCUT2D eigenvalue weighted by Crippen LogP contribution is 2.10. The van der Waals surface area contributed by atoms with Gasteiger partial charge in [0.15, 0.2) is 0 Å². The number of urea groups is 1. The van der Waals surface area contributed by atoms with Crippen LogP contribution in [0.2, 0.25) is 0 Å². The van der Waals surface area contributed by atoms with E-state index in [9.17, 15) is 4.79 Å². The van der Waals surface area contributed by atoms with E-state index in [0.717, 1.165) is 32.5 Å². The molecule has 0 bridgehead atoms. The van der Waals surface area contributed by atoms with Gasteiger partial charge in [0, 0.05) is 32.8 Å². The minimum absolute atomic E-state index is 0.137. The van der Waals surface area contributed by atoms with Crippen molar-refractivity contribution < 1.29 is 9.90 Å². The van der Waals surface area contributed by atoms with E-state index in [0.29, 0.717) is 13.0 Å². The molecule has 0 saturated carbocycles. The molecule has 1 aliphatic rings. The molecule has 82 valence electrons. The van der Waals surface area contributed by atoms with Gasteiger partial charge in [0.1, 0.15) is 0 Å². The van der Waals surface area contributed by atoms with Gasteiger partial charge < -0.3 is 14.9 Å². The third kappa shape index (κ3) is 2.87. The highest BCUT2D eigenvalue weighted by atomic mass is 16.3. The van der Waals surface area contributed by atoms with E-state index in [2.05, 4.69) is 0 Å². The van der Waals surface area contributed by atoms with Crippen molar-refractivity contribution in [1.29, 1.82) is 0 Å². The lowest BCUT2D eigenvalue weighted by Gasteiger charge is -2.26. The van der Waals surface area contributed by atoms with E-state index >= 15 is 0 Å². The first kappa shape index (κ1) is 11.3. The molecule has 0 spiro atoms. The first-order valence-electron chi connectivity index (χ1n) is 5.44. The van der Waals surface area contributed by atoms with Gasteiger partial charge in [0.25, 0.3) is 0 Å². The van der Waals surface area contributed by atoms with Gasteiger partial charge in [-0.2, -0.15) is 0 Å². The summed E-state index contributed by atoms with van der Waals surface area (Å²) in [5.74, 6) is 0. The topological polar surface area (TPSA) is 43.8 Å². The van der Waals surface area contributed by atoms with Crippen LogP contribution in [0.5, 0.6) is 0 Å². The lowest BCUT2D eigenvalue weighted by Crippen LogP contribution is -2.42. The maximum atomic E-state index is 11.9. The van der Waals surface area contributed by atoms with Gasteiger partial charge in [-0.25, -0.2) is 4.79 Å². The molecule has 1 aliphatic heterocycles. The fourth-order valence-corrected chi connectivity index (χ4v) is 1.76. The molecule has 1 fully saturated rings. The zero-order valence-electron chi connectivity index (χ0n) is 8.91. The standard InChI is InChI=1S/C10H20N2O2/c1-2-11(8-5-9-13)10(14)12-6-3-4-7-12/h13H,2-9H2,1H3. The first-order chi connectivity index (χ1) is 6.79. The van der Waals surface area contributed by atoms with Crippen molar-refractivity contribution in [3.63, 3.8) is 0 Å². The monoisotopic (exact) mass is 200 g/mol. The molecule has 0 aromatic heterocycles. The van der Waals surface area contributed by atoms with Gasteiger partial charge in [0.05, 0.1) is 0 Å². The number of aliphatic hydroxyl groups excluding tert-OH is 1. The van der Waals surface area contributed by atoms with E-state index in [-0.39, 0.29) is 12.6 Å². The number of rotatable bonds is 4. The Morgan fingerprint density at radius 1 is 1.43 bits per heavy atom. The summed E-state index contributed by atoms with van der Waals surface area (Å²) in [7, 11) is 0. The third-order valence-corrected chi connectivity index (χ3v) is 2.61. The summed E-state index contributed by atoms with van der Waals surface area (Å²) in [6.45, 7) is 5.33. The van der Waals surface area contributed by atoms with Crippen LogP contribution >= 0.6 is 0 Å². The van der Waals surface area contributed by atoms with Gasteiger partial charge in [-0.3, -0.25) is 0 Å². The predicted octanol–water partition coefficient (Wildman–Crippen LogP) is 0.906. The van der Waals surface area contributed by atoms with Crippen molar-refractivity contribution in [3.8, 4) is 0 Å². The molecular formula is C10H20N2O2. The Hall–Kier alpha value is -0.770. The van der Waals surface area contributed by atoms with Crippen LogP contribution in [-0.4, -0.2) is 53.7 Å². The molecule has 4 nitrogen and oxygen atoms in total. The van der Waals surface area contributed by atoms with Crippen LogP contribution in [0.1, 0.15) is 26.2 Å². The van der Waals surface area contributed by atoms with Gasteiger partial charge in [-0.05, 0) is 26.2 Å². The summed E-state index contributed by atoms with van der Waals surface area (Å²) < 4.78 is 0. The molecule has 0 unspecified atom stereocenters.